The first-order chi connectivity index (χ1) is 3.95. The second-order valence-electron chi connectivity index (χ2n) is 2.12. The van der Waals surface area contributed by atoms with Crippen LogP contribution in [-0.4, -0.2) is 12.6 Å². The SMILES string of the molecule is C1CC2OOC(C1)O2. The van der Waals surface area contributed by atoms with Gasteiger partial charge < -0.3 is 4.74 Å². The quantitative estimate of drug-likeness (QED) is 0.438. The van der Waals surface area contributed by atoms with E-state index in [0.717, 1.165) is 19.3 Å². The molecule has 2 aliphatic heterocycles. The third-order valence-corrected chi connectivity index (χ3v) is 1.45. The Morgan fingerprint density at radius 1 is 1.00 bits per heavy atom. The van der Waals surface area contributed by atoms with Gasteiger partial charge in [0, 0.05) is 12.8 Å². The highest BCUT2D eigenvalue weighted by atomic mass is 17.3. The number of hydrogen-bond donors (Lipinski definition) is 0. The average Bonchev–Trinajstić information content (AvgIpc) is 2.12. The summed E-state index contributed by atoms with van der Waals surface area (Å²) in [7, 11) is 0. The molecule has 0 aromatic carbocycles. The van der Waals surface area contributed by atoms with Crippen molar-refractivity contribution in [2.45, 2.75) is 31.8 Å². The van der Waals surface area contributed by atoms with Gasteiger partial charge in [0.05, 0.1) is 0 Å². The number of rotatable bonds is 0. The predicted molar refractivity (Wildman–Crippen MR) is 24.7 cm³/mol. The van der Waals surface area contributed by atoms with Crippen LogP contribution in [-0.2, 0) is 14.5 Å². The number of hydrogen-bond acceptors (Lipinski definition) is 3. The molecular weight excluding hydrogens is 108 g/mol. The number of fused-ring (bicyclic) bond motifs is 2. The van der Waals surface area contributed by atoms with E-state index in [4.69, 9.17) is 14.5 Å². The van der Waals surface area contributed by atoms with Gasteiger partial charge in [0.1, 0.15) is 0 Å². The van der Waals surface area contributed by atoms with Crippen molar-refractivity contribution >= 4 is 0 Å². The molecule has 46 valence electrons. The normalized spacial score (nSPS) is 45.0. The largest absolute Gasteiger partial charge is 0.318 e. The van der Waals surface area contributed by atoms with Crippen LogP contribution in [0.15, 0.2) is 0 Å². The topological polar surface area (TPSA) is 27.7 Å². The molecule has 2 heterocycles. The maximum atomic E-state index is 5.15. The van der Waals surface area contributed by atoms with Gasteiger partial charge in [-0.05, 0) is 6.42 Å². The van der Waals surface area contributed by atoms with E-state index in [9.17, 15) is 0 Å². The highest BCUT2D eigenvalue weighted by Gasteiger charge is 2.31. The van der Waals surface area contributed by atoms with Gasteiger partial charge in [0.15, 0.2) is 12.6 Å². The van der Waals surface area contributed by atoms with E-state index in [1.165, 1.54) is 0 Å². The standard InChI is InChI=1S/C5H8O3/c1-2-4-6-5(3-1)8-7-4/h4-5H,1-3H2. The summed E-state index contributed by atoms with van der Waals surface area (Å²) in [5, 5.41) is 0. The number of ether oxygens (including phenoxy) is 1. The van der Waals surface area contributed by atoms with E-state index in [-0.39, 0.29) is 12.6 Å². The van der Waals surface area contributed by atoms with Crippen LogP contribution in [0.2, 0.25) is 0 Å². The van der Waals surface area contributed by atoms with E-state index in [0.29, 0.717) is 0 Å². The summed E-state index contributed by atoms with van der Waals surface area (Å²) in [5.74, 6) is 0. The third-order valence-electron chi connectivity index (χ3n) is 1.45. The summed E-state index contributed by atoms with van der Waals surface area (Å²) in [6, 6.07) is 0. The minimum absolute atomic E-state index is 0.0613. The fraction of sp³-hybridized carbons (Fsp3) is 1.00. The van der Waals surface area contributed by atoms with Crippen LogP contribution in [0.3, 0.4) is 0 Å². The van der Waals surface area contributed by atoms with Gasteiger partial charge in [-0.25, -0.2) is 9.78 Å². The molecule has 0 aliphatic carbocycles. The second-order valence-corrected chi connectivity index (χ2v) is 2.12. The van der Waals surface area contributed by atoms with Gasteiger partial charge in [-0.2, -0.15) is 0 Å². The molecule has 0 aromatic rings. The zero-order valence-corrected chi connectivity index (χ0v) is 4.50. The van der Waals surface area contributed by atoms with Crippen LogP contribution in [0, 0.1) is 0 Å². The molecule has 0 spiro atoms. The molecule has 2 unspecified atom stereocenters. The van der Waals surface area contributed by atoms with E-state index in [2.05, 4.69) is 0 Å². The summed E-state index contributed by atoms with van der Waals surface area (Å²) < 4.78 is 5.15. The molecular formula is C5H8O3. The van der Waals surface area contributed by atoms with Crippen LogP contribution >= 0.6 is 0 Å². The highest BCUT2D eigenvalue weighted by Crippen LogP contribution is 2.26. The van der Waals surface area contributed by atoms with Crippen molar-refractivity contribution in [3.8, 4) is 0 Å². The molecule has 2 saturated heterocycles. The molecule has 2 aliphatic rings. The zero-order valence-electron chi connectivity index (χ0n) is 4.50. The molecule has 0 N–H and O–H groups in total. The van der Waals surface area contributed by atoms with Crippen molar-refractivity contribution in [2.75, 3.05) is 0 Å². The summed E-state index contributed by atoms with van der Waals surface area (Å²) in [6.45, 7) is 0. The monoisotopic (exact) mass is 116 g/mol. The Hall–Kier alpha value is -0.120. The lowest BCUT2D eigenvalue weighted by molar-refractivity contribution is -0.290. The van der Waals surface area contributed by atoms with Crippen molar-refractivity contribution in [3.05, 3.63) is 0 Å². The van der Waals surface area contributed by atoms with Crippen LogP contribution in [0.4, 0.5) is 0 Å². The Morgan fingerprint density at radius 3 is 2.12 bits per heavy atom. The molecule has 0 saturated carbocycles. The molecule has 0 aromatic heterocycles. The van der Waals surface area contributed by atoms with Gasteiger partial charge in [-0.3, -0.25) is 0 Å². The fourth-order valence-corrected chi connectivity index (χ4v) is 1.02. The summed E-state index contributed by atoms with van der Waals surface area (Å²) >= 11 is 0. The van der Waals surface area contributed by atoms with Crippen molar-refractivity contribution in [1.82, 2.24) is 0 Å². The Kier molecular flexibility index (Phi) is 0.997. The highest BCUT2D eigenvalue weighted by molar-refractivity contribution is 4.59. The van der Waals surface area contributed by atoms with Gasteiger partial charge in [0.2, 0.25) is 0 Å². The smallest absolute Gasteiger partial charge is 0.194 e. The van der Waals surface area contributed by atoms with Crippen molar-refractivity contribution in [2.24, 2.45) is 0 Å². The molecule has 2 bridgehead atoms. The van der Waals surface area contributed by atoms with E-state index >= 15 is 0 Å². The van der Waals surface area contributed by atoms with Gasteiger partial charge in [0.25, 0.3) is 0 Å². The van der Waals surface area contributed by atoms with E-state index in [1.54, 1.807) is 0 Å². The molecule has 3 nitrogen and oxygen atoms in total. The van der Waals surface area contributed by atoms with Crippen molar-refractivity contribution in [3.63, 3.8) is 0 Å². The lowest BCUT2D eigenvalue weighted by Crippen LogP contribution is -2.17. The van der Waals surface area contributed by atoms with Crippen LogP contribution < -0.4 is 0 Å². The van der Waals surface area contributed by atoms with Crippen molar-refractivity contribution in [1.29, 1.82) is 0 Å². The summed E-state index contributed by atoms with van der Waals surface area (Å²) in [5.41, 5.74) is 0. The maximum Gasteiger partial charge on any atom is 0.194 e. The molecule has 2 atom stereocenters. The molecule has 0 radical (unpaired) electrons. The fourth-order valence-electron chi connectivity index (χ4n) is 1.02. The maximum absolute atomic E-state index is 5.15. The van der Waals surface area contributed by atoms with Crippen LogP contribution in [0.5, 0.6) is 0 Å². The summed E-state index contributed by atoms with van der Waals surface area (Å²) in [4.78, 5) is 9.51. The first-order valence-corrected chi connectivity index (χ1v) is 2.93. The molecule has 2 rings (SSSR count). The molecule has 0 amide bonds. The van der Waals surface area contributed by atoms with Crippen LogP contribution in [0.1, 0.15) is 19.3 Å². The van der Waals surface area contributed by atoms with Gasteiger partial charge >= 0.3 is 0 Å². The van der Waals surface area contributed by atoms with Crippen LogP contribution in [0.25, 0.3) is 0 Å². The lowest BCUT2D eigenvalue weighted by atomic mass is 10.2. The zero-order chi connectivity index (χ0) is 5.40. The third kappa shape index (κ3) is 0.632. The summed E-state index contributed by atoms with van der Waals surface area (Å²) in [6.07, 6.45) is 3.00. The minimum Gasteiger partial charge on any atom is -0.318 e. The van der Waals surface area contributed by atoms with E-state index < -0.39 is 0 Å². The van der Waals surface area contributed by atoms with Crippen molar-refractivity contribution < 1.29 is 14.5 Å². The first kappa shape index (κ1) is 4.73. The van der Waals surface area contributed by atoms with Gasteiger partial charge in [-0.1, -0.05) is 0 Å². The average molecular weight is 116 g/mol. The van der Waals surface area contributed by atoms with Gasteiger partial charge in [-0.15, -0.1) is 0 Å². The molecule has 2 fully saturated rings. The first-order valence-electron chi connectivity index (χ1n) is 2.93. The minimum atomic E-state index is -0.0613. The molecule has 3 heteroatoms. The lowest BCUT2D eigenvalue weighted by Gasteiger charge is -2.12. The Labute approximate surface area is 47.5 Å². The predicted octanol–water partition coefficient (Wildman–Crippen LogP) is 0.801. The Bertz CT molecular complexity index is 79.7. The molecule has 8 heavy (non-hydrogen) atoms. The van der Waals surface area contributed by atoms with E-state index in [1.807, 2.05) is 0 Å². The second kappa shape index (κ2) is 1.69. The Balaban J connectivity index is 2.03. The Morgan fingerprint density at radius 2 is 1.62 bits per heavy atom.